The first kappa shape index (κ1) is 19.7. The largest absolute Gasteiger partial charge is 0.276 e. The molecule has 4 heteroatoms. The SMILES string of the molecule is CC[C@H]1CC[C@H](C2CCC(c3cc(F)c(C(C)(F)F)c(F)c3)CC2)CC1. The van der Waals surface area contributed by atoms with Crippen molar-refractivity contribution in [1.82, 2.24) is 0 Å². The standard InChI is InChI=1S/C22H30F4/c1-3-14-4-6-15(7-5-14)16-8-10-17(11-9-16)18-12-19(23)21(20(24)13-18)22(2,25)26/h12-17H,3-11H2,1-2H3/t14-,15-,16?,17?. The van der Waals surface area contributed by atoms with Gasteiger partial charge in [0.05, 0.1) is 5.56 Å². The van der Waals surface area contributed by atoms with E-state index >= 15 is 0 Å². The van der Waals surface area contributed by atoms with E-state index in [1.54, 1.807) is 0 Å². The highest BCUT2D eigenvalue weighted by molar-refractivity contribution is 5.31. The fourth-order valence-electron chi connectivity index (χ4n) is 5.24. The Bertz CT molecular complexity index is 580. The van der Waals surface area contributed by atoms with Gasteiger partial charge < -0.3 is 0 Å². The second-order valence-corrected chi connectivity index (χ2v) is 8.55. The number of alkyl halides is 2. The second kappa shape index (κ2) is 7.90. The molecule has 3 rings (SSSR count). The fourth-order valence-corrected chi connectivity index (χ4v) is 5.24. The van der Waals surface area contributed by atoms with Crippen LogP contribution in [0.15, 0.2) is 12.1 Å². The molecule has 0 amide bonds. The van der Waals surface area contributed by atoms with Crippen molar-refractivity contribution in [2.45, 2.75) is 83.5 Å². The normalized spacial score (nSPS) is 30.4. The summed E-state index contributed by atoms with van der Waals surface area (Å²) in [6.45, 7) is 2.81. The molecule has 0 aromatic heterocycles. The smallest absolute Gasteiger partial charge is 0.206 e. The van der Waals surface area contributed by atoms with Crippen LogP contribution >= 0.6 is 0 Å². The minimum absolute atomic E-state index is 0.0850. The Morgan fingerprint density at radius 2 is 1.31 bits per heavy atom. The number of hydrogen-bond donors (Lipinski definition) is 0. The summed E-state index contributed by atoms with van der Waals surface area (Å²) in [6.07, 6.45) is 10.6. The van der Waals surface area contributed by atoms with Crippen LogP contribution in [0.1, 0.15) is 88.7 Å². The van der Waals surface area contributed by atoms with Gasteiger partial charge in [0.2, 0.25) is 0 Å². The molecule has 0 unspecified atom stereocenters. The summed E-state index contributed by atoms with van der Waals surface area (Å²) in [5, 5.41) is 0. The molecule has 0 saturated heterocycles. The van der Waals surface area contributed by atoms with Crippen molar-refractivity contribution in [2.75, 3.05) is 0 Å². The third kappa shape index (κ3) is 4.26. The molecule has 2 aliphatic carbocycles. The van der Waals surface area contributed by atoms with E-state index < -0.39 is 23.1 Å². The van der Waals surface area contributed by atoms with Gasteiger partial charge in [-0.3, -0.25) is 0 Å². The Balaban J connectivity index is 1.62. The van der Waals surface area contributed by atoms with E-state index in [-0.39, 0.29) is 5.92 Å². The molecule has 1 aromatic rings. The summed E-state index contributed by atoms with van der Waals surface area (Å²) < 4.78 is 54.9. The molecule has 146 valence electrons. The second-order valence-electron chi connectivity index (χ2n) is 8.55. The summed E-state index contributed by atoms with van der Waals surface area (Å²) in [5.74, 6) is -3.24. The fraction of sp³-hybridized carbons (Fsp3) is 0.727. The molecule has 0 bridgehead atoms. The lowest BCUT2D eigenvalue weighted by atomic mass is 9.68. The summed E-state index contributed by atoms with van der Waals surface area (Å²) in [4.78, 5) is 0. The molecule has 2 aliphatic rings. The van der Waals surface area contributed by atoms with Crippen LogP contribution in [0.3, 0.4) is 0 Å². The van der Waals surface area contributed by atoms with Gasteiger partial charge in [-0.25, -0.2) is 17.6 Å². The molecule has 26 heavy (non-hydrogen) atoms. The van der Waals surface area contributed by atoms with Crippen LogP contribution < -0.4 is 0 Å². The molecule has 0 atom stereocenters. The van der Waals surface area contributed by atoms with Crippen molar-refractivity contribution < 1.29 is 17.6 Å². The first-order valence-electron chi connectivity index (χ1n) is 10.2. The molecule has 1 aromatic carbocycles. The van der Waals surface area contributed by atoms with Gasteiger partial charge in [0.1, 0.15) is 11.6 Å². The van der Waals surface area contributed by atoms with Gasteiger partial charge in [0.25, 0.3) is 5.92 Å². The molecule has 0 N–H and O–H groups in total. The van der Waals surface area contributed by atoms with Crippen molar-refractivity contribution >= 4 is 0 Å². The Kier molecular flexibility index (Phi) is 5.98. The predicted molar refractivity (Wildman–Crippen MR) is 96.4 cm³/mol. The average molecular weight is 370 g/mol. The zero-order valence-corrected chi connectivity index (χ0v) is 15.8. The number of halogens is 4. The first-order chi connectivity index (χ1) is 12.3. The Morgan fingerprint density at radius 3 is 1.73 bits per heavy atom. The number of benzene rings is 1. The minimum Gasteiger partial charge on any atom is -0.206 e. The summed E-state index contributed by atoms with van der Waals surface area (Å²) in [7, 11) is 0. The van der Waals surface area contributed by atoms with Gasteiger partial charge in [0, 0.05) is 6.92 Å². The molecule has 0 radical (unpaired) electrons. The number of hydrogen-bond acceptors (Lipinski definition) is 0. The van der Waals surface area contributed by atoms with Crippen LogP contribution in [0.5, 0.6) is 0 Å². The molecule has 2 saturated carbocycles. The molecule has 2 fully saturated rings. The van der Waals surface area contributed by atoms with Gasteiger partial charge in [-0.15, -0.1) is 0 Å². The lowest BCUT2D eigenvalue weighted by Gasteiger charge is -2.38. The maximum absolute atomic E-state index is 14.1. The van der Waals surface area contributed by atoms with Crippen molar-refractivity contribution in [3.8, 4) is 0 Å². The highest BCUT2D eigenvalue weighted by Crippen LogP contribution is 2.45. The maximum Gasteiger partial charge on any atom is 0.276 e. The van der Waals surface area contributed by atoms with Crippen LogP contribution in [0, 0.1) is 29.4 Å². The highest BCUT2D eigenvalue weighted by atomic mass is 19.3. The Labute approximate surface area is 154 Å². The van der Waals surface area contributed by atoms with Gasteiger partial charge in [-0.05, 0) is 79.9 Å². The third-order valence-corrected chi connectivity index (χ3v) is 6.88. The van der Waals surface area contributed by atoms with Gasteiger partial charge in [0.15, 0.2) is 0 Å². The van der Waals surface area contributed by atoms with Crippen molar-refractivity contribution in [1.29, 1.82) is 0 Å². The van der Waals surface area contributed by atoms with E-state index in [9.17, 15) is 17.6 Å². The molecule has 0 heterocycles. The van der Waals surface area contributed by atoms with E-state index in [0.29, 0.717) is 12.5 Å². The van der Waals surface area contributed by atoms with Crippen LogP contribution in [0.25, 0.3) is 0 Å². The highest BCUT2D eigenvalue weighted by Gasteiger charge is 2.35. The Hall–Kier alpha value is -1.06. The van der Waals surface area contributed by atoms with Crippen LogP contribution in [-0.2, 0) is 5.92 Å². The monoisotopic (exact) mass is 370 g/mol. The minimum atomic E-state index is -3.50. The van der Waals surface area contributed by atoms with Crippen molar-refractivity contribution in [3.05, 3.63) is 34.9 Å². The van der Waals surface area contributed by atoms with E-state index in [2.05, 4.69) is 6.92 Å². The van der Waals surface area contributed by atoms with Crippen molar-refractivity contribution in [2.24, 2.45) is 17.8 Å². The van der Waals surface area contributed by atoms with Gasteiger partial charge in [-0.1, -0.05) is 26.2 Å². The zero-order valence-electron chi connectivity index (χ0n) is 15.8. The van der Waals surface area contributed by atoms with E-state index in [0.717, 1.165) is 55.6 Å². The molecular formula is C22H30F4. The van der Waals surface area contributed by atoms with Crippen molar-refractivity contribution in [3.63, 3.8) is 0 Å². The quantitative estimate of drug-likeness (QED) is 0.480. The topological polar surface area (TPSA) is 0 Å². The summed E-state index contributed by atoms with van der Waals surface area (Å²) in [6, 6.07) is 2.26. The first-order valence-corrected chi connectivity index (χ1v) is 10.2. The molecule has 0 spiro atoms. The zero-order chi connectivity index (χ0) is 18.9. The third-order valence-electron chi connectivity index (χ3n) is 6.88. The molecular weight excluding hydrogens is 340 g/mol. The lowest BCUT2D eigenvalue weighted by Crippen LogP contribution is -2.25. The molecule has 0 aliphatic heterocycles. The predicted octanol–water partition coefficient (Wildman–Crippen LogP) is 7.57. The number of rotatable bonds is 4. The summed E-state index contributed by atoms with van der Waals surface area (Å²) >= 11 is 0. The van der Waals surface area contributed by atoms with E-state index in [1.807, 2.05) is 0 Å². The average Bonchev–Trinajstić information content (AvgIpc) is 2.60. The van der Waals surface area contributed by atoms with Crippen LogP contribution in [0.4, 0.5) is 17.6 Å². The maximum atomic E-state index is 14.1. The van der Waals surface area contributed by atoms with E-state index in [4.69, 9.17) is 0 Å². The molecule has 0 nitrogen and oxygen atoms in total. The van der Waals surface area contributed by atoms with Crippen LogP contribution in [0.2, 0.25) is 0 Å². The Morgan fingerprint density at radius 1 is 0.846 bits per heavy atom. The van der Waals surface area contributed by atoms with Gasteiger partial charge in [-0.2, -0.15) is 0 Å². The van der Waals surface area contributed by atoms with Crippen LogP contribution in [-0.4, -0.2) is 0 Å². The lowest BCUT2D eigenvalue weighted by molar-refractivity contribution is 0.00978. The summed E-state index contributed by atoms with van der Waals surface area (Å²) in [5.41, 5.74) is -0.566. The van der Waals surface area contributed by atoms with E-state index in [1.165, 1.54) is 32.1 Å². The van der Waals surface area contributed by atoms with Gasteiger partial charge >= 0.3 is 0 Å².